The van der Waals surface area contributed by atoms with E-state index < -0.39 is 25.2 Å². The van der Waals surface area contributed by atoms with Crippen LogP contribution in [0.4, 0.5) is 0 Å². The fraction of sp³-hybridized carbons (Fsp3) is 0.875. The molecule has 0 unspecified atom stereocenters. The SMILES string of the molecule is CC(C)(C)[C@H](N)C(=O)N[C@H]1CCN[C@@H](C(=O)O)C1.CCCCB(O)O. The lowest BCUT2D eigenvalue weighted by Crippen LogP contribution is -2.55. The number of amides is 1. The number of piperidine rings is 1. The molecule has 1 amide bonds. The monoisotopic (exact) mass is 359 g/mol. The Hall–Kier alpha value is -1.16. The van der Waals surface area contributed by atoms with Crippen LogP contribution in [0.15, 0.2) is 0 Å². The van der Waals surface area contributed by atoms with Gasteiger partial charge in [-0.3, -0.25) is 9.59 Å². The molecular weight excluding hydrogens is 325 g/mol. The summed E-state index contributed by atoms with van der Waals surface area (Å²) in [7, 11) is -1.10. The van der Waals surface area contributed by atoms with Crippen molar-refractivity contribution in [3.8, 4) is 0 Å². The molecule has 1 aliphatic heterocycles. The van der Waals surface area contributed by atoms with Crippen molar-refractivity contribution in [3.05, 3.63) is 0 Å². The van der Waals surface area contributed by atoms with E-state index >= 15 is 0 Å². The van der Waals surface area contributed by atoms with Crippen LogP contribution in [-0.4, -0.2) is 58.8 Å². The zero-order chi connectivity index (χ0) is 19.6. The summed E-state index contributed by atoms with van der Waals surface area (Å²) in [5.41, 5.74) is 5.56. The van der Waals surface area contributed by atoms with E-state index in [1.807, 2.05) is 27.7 Å². The van der Waals surface area contributed by atoms with E-state index in [4.69, 9.17) is 20.9 Å². The van der Waals surface area contributed by atoms with Gasteiger partial charge in [-0.1, -0.05) is 40.5 Å². The topological polar surface area (TPSA) is 145 Å². The van der Waals surface area contributed by atoms with Crippen molar-refractivity contribution in [2.75, 3.05) is 6.54 Å². The van der Waals surface area contributed by atoms with Crippen LogP contribution in [-0.2, 0) is 9.59 Å². The highest BCUT2D eigenvalue weighted by Crippen LogP contribution is 2.18. The van der Waals surface area contributed by atoms with Crippen molar-refractivity contribution >= 4 is 19.0 Å². The molecule has 8 nitrogen and oxygen atoms in total. The number of carbonyl (C=O) groups excluding carboxylic acids is 1. The molecule has 1 fully saturated rings. The lowest BCUT2D eigenvalue weighted by molar-refractivity contribution is -0.140. The van der Waals surface area contributed by atoms with Gasteiger partial charge >= 0.3 is 13.1 Å². The minimum Gasteiger partial charge on any atom is -0.480 e. The van der Waals surface area contributed by atoms with Crippen molar-refractivity contribution in [1.29, 1.82) is 0 Å². The molecule has 1 aliphatic rings. The molecule has 1 rings (SSSR count). The average molecular weight is 359 g/mol. The quantitative estimate of drug-likeness (QED) is 0.364. The maximum absolute atomic E-state index is 11.9. The second-order valence-electron chi connectivity index (χ2n) is 7.54. The van der Waals surface area contributed by atoms with Gasteiger partial charge in [0.05, 0.1) is 6.04 Å². The summed E-state index contributed by atoms with van der Waals surface area (Å²) in [5, 5.41) is 31.1. The number of nitrogens with two attached hydrogens (primary N) is 1. The molecule has 0 aromatic heterocycles. The van der Waals surface area contributed by atoms with Crippen LogP contribution < -0.4 is 16.4 Å². The molecular formula is C16H34BN3O5. The Morgan fingerprint density at radius 3 is 2.36 bits per heavy atom. The molecule has 0 aromatic carbocycles. The van der Waals surface area contributed by atoms with Gasteiger partial charge in [-0.25, -0.2) is 0 Å². The Kier molecular flexibility index (Phi) is 10.9. The minimum absolute atomic E-state index is 0.117. The van der Waals surface area contributed by atoms with E-state index in [1.165, 1.54) is 0 Å². The smallest absolute Gasteiger partial charge is 0.451 e. The van der Waals surface area contributed by atoms with Crippen molar-refractivity contribution in [1.82, 2.24) is 10.6 Å². The summed E-state index contributed by atoms with van der Waals surface area (Å²) in [6, 6.07) is -1.29. The second-order valence-corrected chi connectivity index (χ2v) is 7.54. The van der Waals surface area contributed by atoms with Gasteiger partial charge in [0.2, 0.25) is 5.91 Å². The van der Waals surface area contributed by atoms with Crippen molar-refractivity contribution in [2.24, 2.45) is 11.1 Å². The van der Waals surface area contributed by atoms with E-state index in [9.17, 15) is 9.59 Å². The first-order valence-corrected chi connectivity index (χ1v) is 8.87. The van der Waals surface area contributed by atoms with Crippen LogP contribution in [0.3, 0.4) is 0 Å². The van der Waals surface area contributed by atoms with Gasteiger partial charge in [-0.15, -0.1) is 0 Å². The lowest BCUT2D eigenvalue weighted by Gasteiger charge is -2.32. The fourth-order valence-electron chi connectivity index (χ4n) is 2.31. The van der Waals surface area contributed by atoms with Gasteiger partial charge in [0.25, 0.3) is 0 Å². The number of aliphatic carboxylic acids is 1. The third-order valence-electron chi connectivity index (χ3n) is 4.08. The van der Waals surface area contributed by atoms with Crippen molar-refractivity contribution < 1.29 is 24.7 Å². The number of carboxylic acid groups (broad SMARTS) is 1. The molecule has 0 spiro atoms. The maximum atomic E-state index is 11.9. The van der Waals surface area contributed by atoms with Crippen LogP contribution >= 0.6 is 0 Å². The summed E-state index contributed by atoms with van der Waals surface area (Å²) in [6.07, 6.45) is 3.57. The second kappa shape index (κ2) is 11.5. The van der Waals surface area contributed by atoms with Crippen LogP contribution in [0.1, 0.15) is 53.4 Å². The fourth-order valence-corrected chi connectivity index (χ4v) is 2.31. The van der Waals surface area contributed by atoms with Crippen LogP contribution in [0.2, 0.25) is 6.32 Å². The third-order valence-corrected chi connectivity index (χ3v) is 4.08. The summed E-state index contributed by atoms with van der Waals surface area (Å²) in [6.45, 7) is 8.31. The van der Waals surface area contributed by atoms with Gasteiger partial charge in [0.1, 0.15) is 6.04 Å². The van der Waals surface area contributed by atoms with Crippen LogP contribution in [0.5, 0.6) is 0 Å². The van der Waals surface area contributed by atoms with Crippen molar-refractivity contribution in [2.45, 2.75) is 77.8 Å². The third kappa shape index (κ3) is 10.4. The molecule has 1 heterocycles. The number of carbonyl (C=O) groups is 2. The Labute approximate surface area is 150 Å². The zero-order valence-corrected chi connectivity index (χ0v) is 15.8. The van der Waals surface area contributed by atoms with E-state index in [1.54, 1.807) is 0 Å². The Bertz CT molecular complexity index is 415. The summed E-state index contributed by atoms with van der Waals surface area (Å²) < 4.78 is 0. The molecule has 0 radical (unpaired) electrons. The molecule has 9 heteroatoms. The van der Waals surface area contributed by atoms with Gasteiger partial charge < -0.3 is 31.5 Å². The summed E-state index contributed by atoms with van der Waals surface area (Å²) >= 11 is 0. The van der Waals surface area contributed by atoms with E-state index in [-0.39, 0.29) is 17.4 Å². The van der Waals surface area contributed by atoms with Gasteiger partial charge in [0, 0.05) is 6.04 Å². The standard InChI is InChI=1S/C12H23N3O3.C4H11BO2/c1-12(2,3)9(13)10(16)15-7-4-5-14-8(6-7)11(17)18;1-2-3-4-5(6)7/h7-9,14H,4-6,13H2,1-3H3,(H,15,16)(H,17,18);6-7H,2-4H2,1H3/t7-,8+,9+;/m0./s1. The molecule has 7 N–H and O–H groups in total. The predicted molar refractivity (Wildman–Crippen MR) is 97.9 cm³/mol. The summed E-state index contributed by atoms with van der Waals surface area (Å²) in [4.78, 5) is 22.8. The first-order valence-electron chi connectivity index (χ1n) is 8.87. The number of unbranched alkanes of at least 4 members (excludes halogenated alkanes) is 1. The number of hydrogen-bond donors (Lipinski definition) is 6. The molecule has 0 aliphatic carbocycles. The average Bonchev–Trinajstić information content (AvgIpc) is 2.52. The molecule has 146 valence electrons. The first kappa shape index (κ1) is 23.8. The molecule has 0 aromatic rings. The maximum Gasteiger partial charge on any atom is 0.451 e. The minimum atomic E-state index is -1.10. The molecule has 3 atom stereocenters. The first-order chi connectivity index (χ1) is 11.5. The normalized spacial score (nSPS) is 21.6. The zero-order valence-electron chi connectivity index (χ0n) is 15.8. The Morgan fingerprint density at radius 2 is 1.96 bits per heavy atom. The molecule has 0 saturated carbocycles. The highest BCUT2D eigenvalue weighted by molar-refractivity contribution is 6.40. The highest BCUT2D eigenvalue weighted by Gasteiger charge is 2.32. The number of rotatable bonds is 6. The van der Waals surface area contributed by atoms with E-state index in [0.717, 1.165) is 19.3 Å². The van der Waals surface area contributed by atoms with E-state index in [2.05, 4.69) is 10.6 Å². The molecule has 0 bridgehead atoms. The van der Waals surface area contributed by atoms with Gasteiger partial charge in [-0.05, 0) is 31.1 Å². The summed E-state index contributed by atoms with van der Waals surface area (Å²) in [5.74, 6) is -1.09. The number of hydrogen-bond acceptors (Lipinski definition) is 6. The van der Waals surface area contributed by atoms with Gasteiger partial charge in [0.15, 0.2) is 0 Å². The molecule has 1 saturated heterocycles. The highest BCUT2D eigenvalue weighted by atomic mass is 16.4. The number of nitrogens with one attached hydrogen (secondary N) is 2. The van der Waals surface area contributed by atoms with Gasteiger partial charge in [-0.2, -0.15) is 0 Å². The van der Waals surface area contributed by atoms with Crippen LogP contribution in [0, 0.1) is 5.41 Å². The lowest BCUT2D eigenvalue weighted by atomic mass is 9.84. The number of carboxylic acids is 1. The van der Waals surface area contributed by atoms with E-state index in [0.29, 0.717) is 19.3 Å². The van der Waals surface area contributed by atoms with Crippen molar-refractivity contribution in [3.63, 3.8) is 0 Å². The van der Waals surface area contributed by atoms with Crippen LogP contribution in [0.25, 0.3) is 0 Å². The Morgan fingerprint density at radius 1 is 1.36 bits per heavy atom. The predicted octanol–water partition coefficient (Wildman–Crippen LogP) is -0.0595. The largest absolute Gasteiger partial charge is 0.480 e. The molecule has 25 heavy (non-hydrogen) atoms. The Balaban J connectivity index is 0.000000697.